The molecule has 2 aromatic carbocycles. The van der Waals surface area contributed by atoms with Crippen LogP contribution in [-0.2, 0) is 12.8 Å². The van der Waals surface area contributed by atoms with Crippen LogP contribution in [0.15, 0.2) is 36.4 Å². The van der Waals surface area contributed by atoms with Gasteiger partial charge in [0, 0.05) is 0 Å². The molecule has 2 aliphatic rings. The molecular formula is C17H16O4. The Morgan fingerprint density at radius 3 is 1.62 bits per heavy atom. The summed E-state index contributed by atoms with van der Waals surface area (Å²) >= 11 is 0. The number of rotatable bonds is 4. The Morgan fingerprint density at radius 2 is 1.10 bits per heavy atom. The summed E-state index contributed by atoms with van der Waals surface area (Å²) in [7, 11) is 0. The SMILES string of the molecule is c1cc2c(cc1CCCc1ccc3c(c1)OCO3)OCO2. The first kappa shape index (κ1) is 12.4. The Hall–Kier alpha value is -2.36. The minimum absolute atomic E-state index is 0.329. The lowest BCUT2D eigenvalue weighted by Gasteiger charge is -2.05. The minimum atomic E-state index is 0.329. The van der Waals surface area contributed by atoms with Gasteiger partial charge in [-0.2, -0.15) is 0 Å². The summed E-state index contributed by atoms with van der Waals surface area (Å²) in [5.74, 6) is 3.40. The Balaban J connectivity index is 1.37. The predicted molar refractivity (Wildman–Crippen MR) is 77.2 cm³/mol. The molecule has 0 N–H and O–H groups in total. The van der Waals surface area contributed by atoms with Crippen molar-refractivity contribution in [3.8, 4) is 23.0 Å². The average Bonchev–Trinajstić information content (AvgIpc) is 3.14. The fourth-order valence-electron chi connectivity index (χ4n) is 2.69. The van der Waals surface area contributed by atoms with Crippen molar-refractivity contribution in [2.45, 2.75) is 19.3 Å². The number of hydrogen-bond donors (Lipinski definition) is 0. The first-order valence-electron chi connectivity index (χ1n) is 7.15. The molecule has 108 valence electrons. The highest BCUT2D eigenvalue weighted by atomic mass is 16.7. The van der Waals surface area contributed by atoms with Crippen molar-refractivity contribution in [2.75, 3.05) is 13.6 Å². The number of fused-ring (bicyclic) bond motifs is 2. The van der Waals surface area contributed by atoms with Crippen molar-refractivity contribution in [3.05, 3.63) is 47.5 Å². The molecule has 2 aromatic rings. The van der Waals surface area contributed by atoms with Crippen LogP contribution in [0.1, 0.15) is 17.5 Å². The van der Waals surface area contributed by atoms with Gasteiger partial charge in [-0.1, -0.05) is 12.1 Å². The lowest BCUT2D eigenvalue weighted by atomic mass is 10.0. The first-order chi connectivity index (χ1) is 10.4. The summed E-state index contributed by atoms with van der Waals surface area (Å²) in [6.07, 6.45) is 3.12. The molecule has 4 rings (SSSR count). The van der Waals surface area contributed by atoms with Gasteiger partial charge in [0.1, 0.15) is 0 Å². The smallest absolute Gasteiger partial charge is 0.231 e. The molecule has 0 amide bonds. The summed E-state index contributed by atoms with van der Waals surface area (Å²) in [5, 5.41) is 0. The Labute approximate surface area is 123 Å². The molecule has 21 heavy (non-hydrogen) atoms. The van der Waals surface area contributed by atoms with Gasteiger partial charge < -0.3 is 18.9 Å². The normalized spacial score (nSPS) is 14.5. The van der Waals surface area contributed by atoms with E-state index in [2.05, 4.69) is 24.3 Å². The van der Waals surface area contributed by atoms with Crippen LogP contribution in [0.4, 0.5) is 0 Å². The van der Waals surface area contributed by atoms with Crippen molar-refractivity contribution in [2.24, 2.45) is 0 Å². The van der Waals surface area contributed by atoms with E-state index in [1.54, 1.807) is 0 Å². The van der Waals surface area contributed by atoms with E-state index in [4.69, 9.17) is 18.9 Å². The summed E-state index contributed by atoms with van der Waals surface area (Å²) in [6, 6.07) is 12.3. The van der Waals surface area contributed by atoms with Gasteiger partial charge in [-0.05, 0) is 54.7 Å². The van der Waals surface area contributed by atoms with E-state index in [-0.39, 0.29) is 0 Å². The van der Waals surface area contributed by atoms with Crippen LogP contribution >= 0.6 is 0 Å². The monoisotopic (exact) mass is 284 g/mol. The molecule has 0 unspecified atom stereocenters. The van der Waals surface area contributed by atoms with Gasteiger partial charge in [-0.25, -0.2) is 0 Å². The Morgan fingerprint density at radius 1 is 0.619 bits per heavy atom. The zero-order valence-corrected chi connectivity index (χ0v) is 11.6. The minimum Gasteiger partial charge on any atom is -0.454 e. The van der Waals surface area contributed by atoms with E-state index in [9.17, 15) is 0 Å². The molecule has 0 aliphatic carbocycles. The summed E-state index contributed by atoms with van der Waals surface area (Å²) < 4.78 is 21.4. The second-order valence-corrected chi connectivity index (χ2v) is 5.23. The lowest BCUT2D eigenvalue weighted by molar-refractivity contribution is 0.173. The molecule has 0 saturated heterocycles. The number of ether oxygens (including phenoxy) is 4. The predicted octanol–water partition coefficient (Wildman–Crippen LogP) is 3.32. The highest BCUT2D eigenvalue weighted by Crippen LogP contribution is 2.34. The molecular weight excluding hydrogens is 268 g/mol. The zero-order valence-electron chi connectivity index (χ0n) is 11.6. The maximum atomic E-state index is 5.40. The van der Waals surface area contributed by atoms with E-state index in [1.807, 2.05) is 12.1 Å². The molecule has 0 atom stereocenters. The van der Waals surface area contributed by atoms with Crippen LogP contribution in [0.2, 0.25) is 0 Å². The van der Waals surface area contributed by atoms with Gasteiger partial charge in [-0.3, -0.25) is 0 Å². The molecule has 0 saturated carbocycles. The second kappa shape index (κ2) is 5.20. The molecule has 4 heteroatoms. The Bertz CT molecular complexity index is 608. The van der Waals surface area contributed by atoms with E-state index < -0.39 is 0 Å². The van der Waals surface area contributed by atoms with E-state index >= 15 is 0 Å². The maximum absolute atomic E-state index is 5.40. The number of aryl methyl sites for hydroxylation is 2. The van der Waals surface area contributed by atoms with Crippen LogP contribution in [0.5, 0.6) is 23.0 Å². The number of benzene rings is 2. The lowest BCUT2D eigenvalue weighted by Crippen LogP contribution is -1.93. The maximum Gasteiger partial charge on any atom is 0.231 e. The first-order valence-corrected chi connectivity index (χ1v) is 7.15. The van der Waals surface area contributed by atoms with Crippen molar-refractivity contribution in [3.63, 3.8) is 0 Å². The summed E-state index contributed by atoms with van der Waals surface area (Å²) in [5.41, 5.74) is 2.56. The molecule has 0 radical (unpaired) electrons. The van der Waals surface area contributed by atoms with Crippen molar-refractivity contribution in [1.29, 1.82) is 0 Å². The van der Waals surface area contributed by atoms with Gasteiger partial charge in [0.15, 0.2) is 23.0 Å². The third-order valence-electron chi connectivity index (χ3n) is 3.80. The quantitative estimate of drug-likeness (QED) is 0.863. The third-order valence-corrected chi connectivity index (χ3v) is 3.80. The van der Waals surface area contributed by atoms with Gasteiger partial charge in [0.2, 0.25) is 13.6 Å². The highest BCUT2D eigenvalue weighted by molar-refractivity contribution is 5.45. The van der Waals surface area contributed by atoms with Crippen molar-refractivity contribution in [1.82, 2.24) is 0 Å². The zero-order chi connectivity index (χ0) is 14.1. The largest absolute Gasteiger partial charge is 0.454 e. The summed E-state index contributed by atoms with van der Waals surface area (Å²) in [4.78, 5) is 0. The van der Waals surface area contributed by atoms with E-state index in [0.29, 0.717) is 13.6 Å². The molecule has 4 nitrogen and oxygen atoms in total. The average molecular weight is 284 g/mol. The molecule has 2 heterocycles. The fraction of sp³-hybridized carbons (Fsp3) is 0.294. The topological polar surface area (TPSA) is 36.9 Å². The molecule has 2 aliphatic heterocycles. The van der Waals surface area contributed by atoms with Crippen LogP contribution in [0.25, 0.3) is 0 Å². The highest BCUT2D eigenvalue weighted by Gasteiger charge is 2.14. The van der Waals surface area contributed by atoms with E-state index in [0.717, 1.165) is 42.3 Å². The van der Waals surface area contributed by atoms with Gasteiger partial charge >= 0.3 is 0 Å². The van der Waals surface area contributed by atoms with Gasteiger partial charge in [-0.15, -0.1) is 0 Å². The van der Waals surface area contributed by atoms with Crippen LogP contribution in [0, 0.1) is 0 Å². The van der Waals surface area contributed by atoms with Gasteiger partial charge in [0.05, 0.1) is 0 Å². The van der Waals surface area contributed by atoms with Crippen molar-refractivity contribution < 1.29 is 18.9 Å². The summed E-state index contributed by atoms with van der Waals surface area (Å²) in [6.45, 7) is 0.659. The van der Waals surface area contributed by atoms with Crippen molar-refractivity contribution >= 4 is 0 Å². The Kier molecular flexibility index (Phi) is 3.07. The number of hydrogen-bond acceptors (Lipinski definition) is 4. The standard InChI is InChI=1S/C17H16O4/c1(2-12-4-6-14-16(8-12)20-10-18-14)3-13-5-7-15-17(9-13)21-11-19-15/h4-9H,1-3,10-11H2. The van der Waals surface area contributed by atoms with E-state index in [1.165, 1.54) is 11.1 Å². The molecule has 0 aromatic heterocycles. The van der Waals surface area contributed by atoms with Crippen LogP contribution in [0.3, 0.4) is 0 Å². The molecule has 0 fully saturated rings. The second-order valence-electron chi connectivity index (χ2n) is 5.23. The molecule has 0 bridgehead atoms. The van der Waals surface area contributed by atoms with Crippen LogP contribution in [-0.4, -0.2) is 13.6 Å². The fourth-order valence-corrected chi connectivity index (χ4v) is 2.69. The van der Waals surface area contributed by atoms with Gasteiger partial charge in [0.25, 0.3) is 0 Å². The van der Waals surface area contributed by atoms with Crippen LogP contribution < -0.4 is 18.9 Å². The molecule has 0 spiro atoms. The third kappa shape index (κ3) is 2.49.